The molecule has 0 spiro atoms. The lowest BCUT2D eigenvalue weighted by Gasteiger charge is -2.28. The monoisotopic (exact) mass is 429 g/mol. The zero-order chi connectivity index (χ0) is 22.2. The van der Waals surface area contributed by atoms with Crippen molar-refractivity contribution in [3.05, 3.63) is 63.8 Å². The molecule has 0 aliphatic carbocycles. The maximum atomic E-state index is 12.9. The highest BCUT2D eigenvalue weighted by atomic mass is 35.5. The highest BCUT2D eigenvalue weighted by Crippen LogP contribution is 2.43. The fourth-order valence-corrected chi connectivity index (χ4v) is 4.38. The van der Waals surface area contributed by atoms with Crippen LogP contribution in [-0.2, 0) is 21.5 Å². The van der Waals surface area contributed by atoms with Gasteiger partial charge in [-0.2, -0.15) is 0 Å². The number of esters is 1. The molecule has 3 rings (SSSR count). The number of phenolic OH excluding ortho intramolecular Hbond substituents is 1. The zero-order valence-electron chi connectivity index (χ0n) is 17.3. The Labute approximate surface area is 179 Å². The molecule has 0 aliphatic heterocycles. The molecule has 1 heterocycles. The number of hydrogen-bond acceptors (Lipinski definition) is 4. The fraction of sp³-hybridized carbons (Fsp3) is 0.304. The van der Waals surface area contributed by atoms with Gasteiger partial charge in [0.05, 0.1) is 12.2 Å². The van der Waals surface area contributed by atoms with Crippen LogP contribution < -0.4 is 0 Å². The molecule has 0 bridgehead atoms. The molecule has 0 saturated carbocycles. The number of halogens is 1. The zero-order valence-corrected chi connectivity index (χ0v) is 18.1. The van der Waals surface area contributed by atoms with Gasteiger partial charge in [0.25, 0.3) is 0 Å². The molecule has 3 aromatic rings. The summed E-state index contributed by atoms with van der Waals surface area (Å²) in [5.74, 6) is -1.75. The molecule has 1 aromatic heterocycles. The second-order valence-electron chi connectivity index (χ2n) is 7.22. The number of phenols is 1. The molecular weight excluding hydrogens is 406 g/mol. The Morgan fingerprint density at radius 2 is 1.87 bits per heavy atom. The molecule has 1 unspecified atom stereocenters. The maximum absolute atomic E-state index is 12.9. The number of carbonyl (C=O) groups is 2. The molecule has 0 fully saturated rings. The predicted octanol–water partition coefficient (Wildman–Crippen LogP) is 4.90. The van der Waals surface area contributed by atoms with Crippen molar-refractivity contribution >= 4 is 34.4 Å². The number of rotatable bonds is 6. The molecule has 30 heavy (non-hydrogen) atoms. The molecule has 0 saturated heterocycles. The number of carboxylic acids is 1. The number of benzene rings is 2. The third-order valence-electron chi connectivity index (χ3n) is 5.60. The van der Waals surface area contributed by atoms with Gasteiger partial charge in [-0.15, -0.1) is 0 Å². The van der Waals surface area contributed by atoms with E-state index in [2.05, 4.69) is 0 Å². The van der Waals surface area contributed by atoms with Gasteiger partial charge in [-0.3, -0.25) is 4.79 Å². The summed E-state index contributed by atoms with van der Waals surface area (Å²) in [5, 5.41) is 21.1. The maximum Gasteiger partial charge on any atom is 0.340 e. The smallest absolute Gasteiger partial charge is 0.340 e. The van der Waals surface area contributed by atoms with E-state index in [1.807, 2.05) is 24.5 Å². The van der Waals surface area contributed by atoms with Gasteiger partial charge in [0, 0.05) is 28.2 Å². The van der Waals surface area contributed by atoms with E-state index < -0.39 is 17.4 Å². The predicted molar refractivity (Wildman–Crippen MR) is 116 cm³/mol. The van der Waals surface area contributed by atoms with Crippen molar-refractivity contribution in [2.75, 3.05) is 6.61 Å². The molecule has 0 aliphatic rings. The van der Waals surface area contributed by atoms with Gasteiger partial charge in [-0.1, -0.05) is 23.7 Å². The quantitative estimate of drug-likeness (QED) is 0.544. The summed E-state index contributed by atoms with van der Waals surface area (Å²) >= 11 is 6.37. The van der Waals surface area contributed by atoms with Crippen LogP contribution in [0.3, 0.4) is 0 Å². The Bertz CT molecular complexity index is 1150. The highest BCUT2D eigenvalue weighted by molar-refractivity contribution is 6.32. The third kappa shape index (κ3) is 3.21. The minimum Gasteiger partial charge on any atom is -0.508 e. The van der Waals surface area contributed by atoms with Crippen LogP contribution in [0.1, 0.15) is 48.0 Å². The average molecular weight is 430 g/mol. The number of aliphatic carboxylic acids is 1. The summed E-state index contributed by atoms with van der Waals surface area (Å²) in [6.07, 6.45) is 0. The molecule has 2 aromatic carbocycles. The number of ether oxygens (including phenoxy) is 1. The standard InChI is InChI=1S/C23H24ClNO5/c1-5-25-13(3)19(21(27)30-6-2)20-15(8-7-9-18(20)25)23(4,22(28)29)16-12-14(26)10-11-17(16)24/h7-12,26H,5-6H2,1-4H3,(H,28,29). The Hall–Kier alpha value is -2.99. The van der Waals surface area contributed by atoms with Crippen molar-refractivity contribution < 1.29 is 24.5 Å². The van der Waals surface area contributed by atoms with Gasteiger partial charge in [0.2, 0.25) is 0 Å². The first kappa shape index (κ1) is 21.7. The molecule has 0 radical (unpaired) electrons. The Morgan fingerprint density at radius 1 is 1.17 bits per heavy atom. The van der Waals surface area contributed by atoms with Gasteiger partial charge in [-0.25, -0.2) is 4.79 Å². The minimum atomic E-state index is -1.62. The Kier molecular flexibility index (Phi) is 5.81. The summed E-state index contributed by atoms with van der Waals surface area (Å²) in [6, 6.07) is 9.50. The number of carbonyl (C=O) groups excluding carboxylic acids is 1. The number of fused-ring (bicyclic) bond motifs is 1. The lowest BCUT2D eigenvalue weighted by molar-refractivity contribution is -0.141. The van der Waals surface area contributed by atoms with Crippen molar-refractivity contribution in [2.24, 2.45) is 0 Å². The van der Waals surface area contributed by atoms with Crippen LogP contribution in [0.5, 0.6) is 5.75 Å². The van der Waals surface area contributed by atoms with Gasteiger partial charge in [-0.05, 0) is 63.1 Å². The van der Waals surface area contributed by atoms with Gasteiger partial charge < -0.3 is 19.5 Å². The lowest BCUT2D eigenvalue weighted by atomic mass is 9.74. The van der Waals surface area contributed by atoms with E-state index in [4.69, 9.17) is 16.3 Å². The van der Waals surface area contributed by atoms with Gasteiger partial charge in [0.15, 0.2) is 0 Å². The normalized spacial score (nSPS) is 13.2. The first-order valence-electron chi connectivity index (χ1n) is 9.70. The first-order valence-corrected chi connectivity index (χ1v) is 10.1. The summed E-state index contributed by atoms with van der Waals surface area (Å²) < 4.78 is 7.24. The summed E-state index contributed by atoms with van der Waals surface area (Å²) in [7, 11) is 0. The Morgan fingerprint density at radius 3 is 2.47 bits per heavy atom. The molecule has 158 valence electrons. The second-order valence-corrected chi connectivity index (χ2v) is 7.63. The lowest BCUT2D eigenvalue weighted by Crippen LogP contribution is -2.34. The number of aromatic hydroxyl groups is 1. The number of aryl methyl sites for hydroxylation is 1. The van der Waals surface area contributed by atoms with E-state index in [0.717, 1.165) is 5.52 Å². The highest BCUT2D eigenvalue weighted by Gasteiger charge is 2.42. The largest absolute Gasteiger partial charge is 0.508 e. The van der Waals surface area contributed by atoms with Crippen LogP contribution in [0.4, 0.5) is 0 Å². The van der Waals surface area contributed by atoms with Crippen LogP contribution in [0.2, 0.25) is 5.02 Å². The molecule has 1 atom stereocenters. The molecule has 6 nitrogen and oxygen atoms in total. The van der Waals surface area contributed by atoms with Crippen molar-refractivity contribution in [2.45, 2.75) is 39.7 Å². The van der Waals surface area contributed by atoms with E-state index in [0.29, 0.717) is 28.8 Å². The van der Waals surface area contributed by atoms with E-state index in [1.165, 1.54) is 25.1 Å². The summed E-state index contributed by atoms with van der Waals surface area (Å²) in [6.45, 7) is 7.82. The third-order valence-corrected chi connectivity index (χ3v) is 5.93. The number of aromatic nitrogens is 1. The van der Waals surface area contributed by atoms with E-state index in [1.54, 1.807) is 19.1 Å². The molecule has 7 heteroatoms. The van der Waals surface area contributed by atoms with Crippen molar-refractivity contribution in [3.63, 3.8) is 0 Å². The SMILES string of the molecule is CCOC(=O)c1c(C)n(CC)c2cccc(C(C)(C(=O)O)c3cc(O)ccc3Cl)c12. The second kappa shape index (κ2) is 8.03. The van der Waals surface area contributed by atoms with Crippen LogP contribution in [0.25, 0.3) is 10.9 Å². The van der Waals surface area contributed by atoms with Crippen LogP contribution >= 0.6 is 11.6 Å². The number of hydrogen-bond donors (Lipinski definition) is 2. The fourth-order valence-electron chi connectivity index (χ4n) is 4.07. The average Bonchev–Trinajstić information content (AvgIpc) is 3.00. The summed E-state index contributed by atoms with van der Waals surface area (Å²) in [5.41, 5.74) is 0.794. The molecular formula is C23H24ClNO5. The van der Waals surface area contributed by atoms with E-state index in [-0.39, 0.29) is 22.9 Å². The Balaban J connectivity index is 2.48. The van der Waals surface area contributed by atoms with Crippen LogP contribution in [0.15, 0.2) is 36.4 Å². The summed E-state index contributed by atoms with van der Waals surface area (Å²) in [4.78, 5) is 25.5. The van der Waals surface area contributed by atoms with Crippen LogP contribution in [-0.4, -0.2) is 33.3 Å². The number of nitrogens with zero attached hydrogens (tertiary/aromatic N) is 1. The minimum absolute atomic E-state index is 0.0954. The van der Waals surface area contributed by atoms with Crippen molar-refractivity contribution in [1.29, 1.82) is 0 Å². The number of carboxylic acid groups (broad SMARTS) is 1. The van der Waals surface area contributed by atoms with Gasteiger partial charge in [0.1, 0.15) is 11.2 Å². The topological polar surface area (TPSA) is 88.8 Å². The van der Waals surface area contributed by atoms with Gasteiger partial charge >= 0.3 is 11.9 Å². The van der Waals surface area contributed by atoms with E-state index in [9.17, 15) is 19.8 Å². The van der Waals surface area contributed by atoms with Crippen LogP contribution in [0, 0.1) is 6.92 Å². The molecule has 2 N–H and O–H groups in total. The van der Waals surface area contributed by atoms with Crippen molar-refractivity contribution in [3.8, 4) is 5.75 Å². The van der Waals surface area contributed by atoms with Crippen molar-refractivity contribution in [1.82, 2.24) is 4.57 Å². The molecule has 0 amide bonds. The first-order chi connectivity index (χ1) is 14.2. The van der Waals surface area contributed by atoms with E-state index >= 15 is 0 Å².